The molecule has 3 aliphatic rings. The van der Waals surface area contributed by atoms with Crippen LogP contribution in [0.15, 0.2) is 0 Å². The smallest absolute Gasteiger partial charge is 0.394 e. The molecule has 12 heteroatoms. The van der Waals surface area contributed by atoms with Gasteiger partial charge in [0.1, 0.15) is 12.2 Å². The predicted octanol–water partition coefficient (Wildman–Crippen LogP) is 0.0162. The Bertz CT molecular complexity index is 594. The van der Waals surface area contributed by atoms with Crippen LogP contribution in [0.5, 0.6) is 0 Å². The first-order valence-electron chi connectivity index (χ1n) is 9.75. The first kappa shape index (κ1) is 22.2. The summed E-state index contributed by atoms with van der Waals surface area (Å²) in [6.07, 6.45) is -7.02. The molecule has 6 atom stereocenters. The van der Waals surface area contributed by atoms with E-state index in [-0.39, 0.29) is 6.17 Å². The Kier molecular flexibility index (Phi) is 6.97. The molecule has 2 aliphatic heterocycles. The van der Waals surface area contributed by atoms with Crippen LogP contribution in [0.25, 0.3) is 0 Å². The van der Waals surface area contributed by atoms with Crippen molar-refractivity contribution in [3.8, 4) is 0 Å². The molecule has 1 saturated carbocycles. The van der Waals surface area contributed by atoms with Crippen LogP contribution < -0.4 is 21.5 Å². The van der Waals surface area contributed by atoms with E-state index in [9.17, 15) is 27.2 Å². The number of methoxy groups -OCH3 is 1. The Morgan fingerprint density at radius 2 is 1.93 bits per heavy atom. The van der Waals surface area contributed by atoms with Gasteiger partial charge < -0.3 is 15.4 Å². The summed E-state index contributed by atoms with van der Waals surface area (Å²) in [5.74, 6) is -4.86. The number of amides is 1. The molecule has 0 bridgehead atoms. The number of hydrogen-bond donors (Lipinski definition) is 4. The second-order valence-electron chi connectivity index (χ2n) is 7.79. The third-order valence-corrected chi connectivity index (χ3v) is 5.96. The maximum Gasteiger partial charge on any atom is 0.394 e. The van der Waals surface area contributed by atoms with Gasteiger partial charge in [0.15, 0.2) is 0 Å². The van der Waals surface area contributed by atoms with Gasteiger partial charge in [-0.3, -0.25) is 14.5 Å². The molecule has 3 rings (SSSR count). The lowest BCUT2D eigenvalue weighted by Crippen LogP contribution is -2.63. The normalized spacial score (nSPS) is 36.6. The van der Waals surface area contributed by atoms with E-state index in [0.717, 1.165) is 26.9 Å². The highest BCUT2D eigenvalue weighted by atomic mass is 19.4. The summed E-state index contributed by atoms with van der Waals surface area (Å²) in [7, 11) is 1.06. The minimum absolute atomic E-state index is 0.0642. The lowest BCUT2D eigenvalue weighted by Gasteiger charge is -2.39. The summed E-state index contributed by atoms with van der Waals surface area (Å²) in [4.78, 5) is 26.8. The van der Waals surface area contributed by atoms with Gasteiger partial charge in [-0.15, -0.1) is 0 Å². The van der Waals surface area contributed by atoms with Gasteiger partial charge in [0.2, 0.25) is 5.91 Å². The molecule has 0 aromatic carbocycles. The summed E-state index contributed by atoms with van der Waals surface area (Å²) in [6.45, 7) is 2.52. The van der Waals surface area contributed by atoms with Gasteiger partial charge in [-0.05, 0) is 19.3 Å². The summed E-state index contributed by atoms with van der Waals surface area (Å²) in [5, 5.41) is 5.78. The number of carbonyl (C=O) groups excluding carboxylic acids is 2. The SMILES string of the molecule is COC(=O)C1CC(C(F)(F)F)C(F)CC1NC(=O)C1CCC(N2CCNC2)NN1. The Hall–Kier alpha value is -1.50. The van der Waals surface area contributed by atoms with Crippen molar-refractivity contribution in [2.45, 2.75) is 56.3 Å². The quantitative estimate of drug-likeness (QED) is 0.373. The topological polar surface area (TPSA) is 94.7 Å². The molecule has 3 fully saturated rings. The van der Waals surface area contributed by atoms with E-state index in [2.05, 4.69) is 31.1 Å². The second-order valence-corrected chi connectivity index (χ2v) is 7.79. The summed E-state index contributed by atoms with van der Waals surface area (Å²) < 4.78 is 58.0. The second kappa shape index (κ2) is 9.11. The van der Waals surface area contributed by atoms with Crippen molar-refractivity contribution in [2.24, 2.45) is 11.8 Å². The Morgan fingerprint density at radius 3 is 2.48 bits per heavy atom. The maximum atomic E-state index is 14.2. The van der Waals surface area contributed by atoms with Crippen LogP contribution in [0.3, 0.4) is 0 Å². The number of hydrazine groups is 1. The van der Waals surface area contributed by atoms with Crippen molar-refractivity contribution >= 4 is 11.9 Å². The lowest BCUT2D eigenvalue weighted by molar-refractivity contribution is -0.206. The highest BCUT2D eigenvalue weighted by molar-refractivity contribution is 5.83. The van der Waals surface area contributed by atoms with Crippen LogP contribution in [-0.2, 0) is 14.3 Å². The molecule has 0 aromatic rings. The van der Waals surface area contributed by atoms with Crippen LogP contribution in [-0.4, -0.2) is 74.2 Å². The van der Waals surface area contributed by atoms with Crippen LogP contribution in [0.4, 0.5) is 17.6 Å². The van der Waals surface area contributed by atoms with Crippen molar-refractivity contribution in [1.82, 2.24) is 26.4 Å². The van der Waals surface area contributed by atoms with Crippen LogP contribution in [0.1, 0.15) is 25.7 Å². The summed E-state index contributed by atoms with van der Waals surface area (Å²) >= 11 is 0. The zero-order chi connectivity index (χ0) is 21.2. The van der Waals surface area contributed by atoms with Crippen LogP contribution in [0.2, 0.25) is 0 Å². The van der Waals surface area contributed by atoms with Crippen molar-refractivity contribution in [2.75, 3.05) is 26.9 Å². The Balaban J connectivity index is 1.58. The molecule has 0 radical (unpaired) electrons. The molecule has 6 unspecified atom stereocenters. The molecular weight excluding hydrogens is 398 g/mol. The minimum Gasteiger partial charge on any atom is -0.469 e. The van der Waals surface area contributed by atoms with Crippen molar-refractivity contribution in [1.29, 1.82) is 0 Å². The van der Waals surface area contributed by atoms with Gasteiger partial charge >= 0.3 is 12.1 Å². The largest absolute Gasteiger partial charge is 0.469 e. The first-order valence-corrected chi connectivity index (χ1v) is 9.75. The van der Waals surface area contributed by atoms with E-state index in [0.29, 0.717) is 12.8 Å². The number of carbonyl (C=O) groups is 2. The van der Waals surface area contributed by atoms with E-state index in [1.807, 2.05) is 0 Å². The number of hydrogen-bond acceptors (Lipinski definition) is 7. The minimum atomic E-state index is -4.76. The molecule has 29 heavy (non-hydrogen) atoms. The fourth-order valence-corrected chi connectivity index (χ4v) is 4.28. The van der Waals surface area contributed by atoms with Crippen molar-refractivity contribution in [3.63, 3.8) is 0 Å². The molecule has 1 amide bonds. The van der Waals surface area contributed by atoms with Crippen molar-refractivity contribution < 1.29 is 31.9 Å². The molecule has 2 heterocycles. The van der Waals surface area contributed by atoms with E-state index < -0.39 is 61.0 Å². The highest BCUT2D eigenvalue weighted by Crippen LogP contribution is 2.42. The third kappa shape index (κ3) is 5.16. The van der Waals surface area contributed by atoms with E-state index in [1.165, 1.54) is 0 Å². The van der Waals surface area contributed by atoms with Gasteiger partial charge in [-0.25, -0.2) is 15.2 Å². The van der Waals surface area contributed by atoms with E-state index in [1.54, 1.807) is 0 Å². The van der Waals surface area contributed by atoms with E-state index >= 15 is 0 Å². The molecular formula is C17H27F4N5O3. The Morgan fingerprint density at radius 1 is 1.17 bits per heavy atom. The number of alkyl halides is 4. The lowest BCUT2D eigenvalue weighted by atomic mass is 9.76. The number of halogens is 4. The van der Waals surface area contributed by atoms with Gasteiger partial charge in [0, 0.05) is 32.2 Å². The molecule has 0 spiro atoms. The van der Waals surface area contributed by atoms with E-state index in [4.69, 9.17) is 0 Å². The first-order chi connectivity index (χ1) is 13.7. The number of nitrogens with one attached hydrogen (secondary N) is 4. The van der Waals surface area contributed by atoms with Crippen LogP contribution in [0, 0.1) is 11.8 Å². The fraction of sp³-hybridized carbons (Fsp3) is 0.882. The molecule has 166 valence electrons. The summed E-state index contributed by atoms with van der Waals surface area (Å²) in [5.41, 5.74) is 5.99. The Labute approximate surface area is 166 Å². The zero-order valence-electron chi connectivity index (χ0n) is 16.1. The van der Waals surface area contributed by atoms with Gasteiger partial charge in [0.25, 0.3) is 0 Å². The number of nitrogens with zero attached hydrogens (tertiary/aromatic N) is 1. The number of ether oxygens (including phenoxy) is 1. The number of rotatable bonds is 4. The molecule has 8 nitrogen and oxygen atoms in total. The monoisotopic (exact) mass is 425 g/mol. The maximum absolute atomic E-state index is 14.2. The molecule has 4 N–H and O–H groups in total. The van der Waals surface area contributed by atoms with Gasteiger partial charge in [0.05, 0.1) is 25.1 Å². The molecule has 0 aromatic heterocycles. The third-order valence-electron chi connectivity index (χ3n) is 5.96. The molecule has 2 saturated heterocycles. The van der Waals surface area contributed by atoms with Gasteiger partial charge in [-0.1, -0.05) is 0 Å². The fourth-order valence-electron chi connectivity index (χ4n) is 4.28. The standard InChI is InChI=1S/C17H27F4N5O3/c1-29-16(28)9-6-10(17(19,20)21)11(18)7-13(9)23-15(27)12-2-3-14(25-24-12)26-5-4-22-8-26/h9-14,22,24-25H,2-8H2,1H3,(H,23,27). The van der Waals surface area contributed by atoms with Crippen molar-refractivity contribution in [3.05, 3.63) is 0 Å². The summed E-state index contributed by atoms with van der Waals surface area (Å²) in [6, 6.07) is -1.68. The number of esters is 1. The molecule has 1 aliphatic carbocycles. The van der Waals surface area contributed by atoms with Crippen LogP contribution >= 0.6 is 0 Å². The zero-order valence-corrected chi connectivity index (χ0v) is 16.1. The van der Waals surface area contributed by atoms with Gasteiger partial charge in [-0.2, -0.15) is 13.2 Å². The highest BCUT2D eigenvalue weighted by Gasteiger charge is 2.53. The predicted molar refractivity (Wildman–Crippen MR) is 93.8 cm³/mol. The average Bonchev–Trinajstić information content (AvgIpc) is 3.21. The average molecular weight is 425 g/mol.